The first-order valence-electron chi connectivity index (χ1n) is 7.01. The van der Waals surface area contributed by atoms with Crippen molar-refractivity contribution in [3.05, 3.63) is 66.6 Å². The molecule has 0 saturated heterocycles. The van der Waals surface area contributed by atoms with E-state index in [-0.39, 0.29) is 5.91 Å². The molecule has 1 heterocycles. The van der Waals surface area contributed by atoms with Gasteiger partial charge in [-0.25, -0.2) is 0 Å². The highest BCUT2D eigenvalue weighted by Gasteiger charge is 2.05. The van der Waals surface area contributed by atoms with Crippen LogP contribution in [0.15, 0.2) is 59.7 Å². The fourth-order valence-electron chi connectivity index (χ4n) is 1.76. The van der Waals surface area contributed by atoms with Crippen LogP contribution in [0.3, 0.4) is 0 Å². The van der Waals surface area contributed by atoms with Crippen LogP contribution in [0.1, 0.15) is 16.1 Å². The third-order valence-electron chi connectivity index (χ3n) is 2.84. The smallest absolute Gasteiger partial charge is 0.251 e. The number of carbonyl (C=O) groups is 1. The summed E-state index contributed by atoms with van der Waals surface area (Å²) in [6.07, 6.45) is 3.35. The molecule has 0 aliphatic heterocycles. The van der Waals surface area contributed by atoms with Gasteiger partial charge in [0.25, 0.3) is 5.91 Å². The monoisotopic (exact) mass is 317 g/mol. The van der Waals surface area contributed by atoms with Crippen molar-refractivity contribution >= 4 is 17.7 Å². The third kappa shape index (κ3) is 5.33. The van der Waals surface area contributed by atoms with Gasteiger partial charge >= 0.3 is 0 Å². The predicted octanol–water partition coefficient (Wildman–Crippen LogP) is 3.51. The number of carbonyl (C=O) groups excluding carboxylic acids is 1. The predicted molar refractivity (Wildman–Crippen MR) is 89.3 cm³/mol. The van der Waals surface area contributed by atoms with E-state index in [1.54, 1.807) is 48.4 Å². The van der Waals surface area contributed by atoms with Gasteiger partial charge in [-0.3, -0.25) is 4.79 Å². The van der Waals surface area contributed by atoms with Gasteiger partial charge in [0.1, 0.15) is 18.1 Å². The molecule has 116 valence electrons. The number of benzene rings is 1. The van der Waals surface area contributed by atoms with E-state index in [1.807, 2.05) is 12.1 Å². The zero-order valence-corrected chi connectivity index (χ0v) is 13.1. The van der Waals surface area contributed by atoms with Crippen LogP contribution in [0.25, 0.3) is 0 Å². The van der Waals surface area contributed by atoms with Crippen molar-refractivity contribution < 1.29 is 13.9 Å². The average Bonchev–Trinajstić information content (AvgIpc) is 3.06. The number of hydrogen-bond donors (Lipinski definition) is 1. The van der Waals surface area contributed by atoms with Crippen molar-refractivity contribution in [3.8, 4) is 5.75 Å². The second kappa shape index (κ2) is 9.00. The molecule has 2 aromatic rings. The molecular formula is C17H19NO3S. The Morgan fingerprint density at radius 2 is 2.14 bits per heavy atom. The van der Waals surface area contributed by atoms with Gasteiger partial charge < -0.3 is 14.5 Å². The molecule has 1 amide bonds. The number of hydrogen-bond acceptors (Lipinski definition) is 4. The van der Waals surface area contributed by atoms with E-state index >= 15 is 0 Å². The molecular weight excluding hydrogens is 298 g/mol. The lowest BCUT2D eigenvalue weighted by Crippen LogP contribution is -2.25. The molecule has 22 heavy (non-hydrogen) atoms. The van der Waals surface area contributed by atoms with Crippen LogP contribution in [0.4, 0.5) is 0 Å². The van der Waals surface area contributed by atoms with Gasteiger partial charge in [-0.15, -0.1) is 0 Å². The first kappa shape index (κ1) is 16.2. The Balaban J connectivity index is 1.67. The molecule has 0 aliphatic carbocycles. The number of ether oxygens (including phenoxy) is 1. The van der Waals surface area contributed by atoms with E-state index in [4.69, 9.17) is 9.15 Å². The van der Waals surface area contributed by atoms with E-state index in [0.717, 1.165) is 23.0 Å². The summed E-state index contributed by atoms with van der Waals surface area (Å²) in [6.45, 7) is 4.67. The fraction of sp³-hybridized carbons (Fsp3) is 0.235. The first-order chi connectivity index (χ1) is 10.8. The number of thioether (sulfide) groups is 1. The Kier molecular flexibility index (Phi) is 6.64. The van der Waals surface area contributed by atoms with Gasteiger partial charge in [-0.1, -0.05) is 12.7 Å². The largest absolute Gasteiger partial charge is 0.490 e. The first-order valence-corrected chi connectivity index (χ1v) is 8.17. The molecule has 1 N–H and O–H groups in total. The number of nitrogens with one attached hydrogen (secondary N) is 1. The van der Waals surface area contributed by atoms with Gasteiger partial charge in [0.15, 0.2) is 0 Å². The molecule has 0 aliphatic rings. The summed E-state index contributed by atoms with van der Waals surface area (Å²) < 4.78 is 10.6. The van der Waals surface area contributed by atoms with Crippen LogP contribution in [0.2, 0.25) is 0 Å². The molecule has 5 heteroatoms. The standard InChI is InChI=1S/C17H19NO3S/c1-2-10-20-15-7-5-14(6-8-15)17(19)18-9-12-22-13-16-4-3-11-21-16/h2-8,11H,1,9-10,12-13H2,(H,18,19). The Hall–Kier alpha value is -2.14. The second-order valence-electron chi connectivity index (χ2n) is 4.51. The maximum Gasteiger partial charge on any atom is 0.251 e. The Morgan fingerprint density at radius 1 is 1.32 bits per heavy atom. The Morgan fingerprint density at radius 3 is 2.82 bits per heavy atom. The zero-order chi connectivity index (χ0) is 15.6. The fourth-order valence-corrected chi connectivity index (χ4v) is 2.52. The van der Waals surface area contributed by atoms with Crippen molar-refractivity contribution in [3.63, 3.8) is 0 Å². The summed E-state index contributed by atoms with van der Waals surface area (Å²) >= 11 is 1.72. The molecule has 0 saturated carbocycles. The molecule has 0 unspecified atom stereocenters. The van der Waals surface area contributed by atoms with Crippen molar-refractivity contribution in [1.82, 2.24) is 5.32 Å². The van der Waals surface area contributed by atoms with Crippen molar-refractivity contribution in [2.45, 2.75) is 5.75 Å². The third-order valence-corrected chi connectivity index (χ3v) is 3.82. The minimum absolute atomic E-state index is 0.0751. The van der Waals surface area contributed by atoms with Crippen LogP contribution < -0.4 is 10.1 Å². The highest BCUT2D eigenvalue weighted by molar-refractivity contribution is 7.98. The maximum absolute atomic E-state index is 12.0. The number of amides is 1. The Labute approximate surface area is 134 Å². The highest BCUT2D eigenvalue weighted by atomic mass is 32.2. The van der Waals surface area contributed by atoms with Crippen LogP contribution >= 0.6 is 11.8 Å². The molecule has 0 radical (unpaired) electrons. The number of rotatable bonds is 9. The molecule has 0 fully saturated rings. The zero-order valence-electron chi connectivity index (χ0n) is 12.3. The van der Waals surface area contributed by atoms with E-state index in [1.165, 1.54) is 0 Å². The maximum atomic E-state index is 12.0. The Bertz CT molecular complexity index is 578. The topological polar surface area (TPSA) is 51.5 Å². The minimum atomic E-state index is -0.0751. The van der Waals surface area contributed by atoms with Crippen LogP contribution in [0.5, 0.6) is 5.75 Å². The van der Waals surface area contributed by atoms with Crippen LogP contribution in [-0.2, 0) is 5.75 Å². The lowest BCUT2D eigenvalue weighted by molar-refractivity contribution is 0.0956. The van der Waals surface area contributed by atoms with E-state index < -0.39 is 0 Å². The molecule has 0 atom stereocenters. The van der Waals surface area contributed by atoms with Crippen LogP contribution in [-0.4, -0.2) is 24.8 Å². The number of furan rings is 1. The van der Waals surface area contributed by atoms with Gasteiger partial charge in [0.05, 0.1) is 12.0 Å². The van der Waals surface area contributed by atoms with E-state index in [9.17, 15) is 4.79 Å². The van der Waals surface area contributed by atoms with E-state index in [2.05, 4.69) is 11.9 Å². The summed E-state index contributed by atoms with van der Waals surface area (Å²) in [4.78, 5) is 12.0. The van der Waals surface area contributed by atoms with E-state index in [0.29, 0.717) is 18.7 Å². The molecule has 0 spiro atoms. The molecule has 0 bridgehead atoms. The quantitative estimate of drug-likeness (QED) is 0.568. The summed E-state index contributed by atoms with van der Waals surface area (Å²) in [5, 5.41) is 2.89. The molecule has 4 nitrogen and oxygen atoms in total. The average molecular weight is 317 g/mol. The van der Waals surface area contributed by atoms with Gasteiger partial charge in [-0.2, -0.15) is 11.8 Å². The van der Waals surface area contributed by atoms with Crippen LogP contribution in [0, 0.1) is 0 Å². The second-order valence-corrected chi connectivity index (χ2v) is 5.62. The molecule has 1 aromatic heterocycles. The molecule has 2 rings (SSSR count). The molecule has 1 aromatic carbocycles. The lowest BCUT2D eigenvalue weighted by Gasteiger charge is -2.06. The normalized spacial score (nSPS) is 10.2. The van der Waals surface area contributed by atoms with Gasteiger partial charge in [0, 0.05) is 17.9 Å². The highest BCUT2D eigenvalue weighted by Crippen LogP contribution is 2.13. The SMILES string of the molecule is C=CCOc1ccc(C(=O)NCCSCc2ccco2)cc1. The lowest BCUT2D eigenvalue weighted by atomic mass is 10.2. The summed E-state index contributed by atoms with van der Waals surface area (Å²) in [7, 11) is 0. The minimum Gasteiger partial charge on any atom is -0.490 e. The van der Waals surface area contributed by atoms with Crippen molar-refractivity contribution in [2.24, 2.45) is 0 Å². The van der Waals surface area contributed by atoms with Crippen molar-refractivity contribution in [1.29, 1.82) is 0 Å². The summed E-state index contributed by atoms with van der Waals surface area (Å²) in [5.41, 5.74) is 0.627. The van der Waals surface area contributed by atoms with Crippen molar-refractivity contribution in [2.75, 3.05) is 18.9 Å². The van der Waals surface area contributed by atoms with Gasteiger partial charge in [0.2, 0.25) is 0 Å². The van der Waals surface area contributed by atoms with Gasteiger partial charge in [-0.05, 0) is 36.4 Å². The summed E-state index contributed by atoms with van der Waals surface area (Å²) in [6, 6.07) is 10.9. The summed E-state index contributed by atoms with van der Waals surface area (Å²) in [5.74, 6) is 3.26.